The largest absolute Gasteiger partial charge is 0.307 e. The predicted molar refractivity (Wildman–Crippen MR) is 85.4 cm³/mol. The zero-order valence-corrected chi connectivity index (χ0v) is 12.8. The van der Waals surface area contributed by atoms with Crippen molar-refractivity contribution in [2.24, 2.45) is 5.10 Å². The fraction of sp³-hybridized carbons (Fsp3) is 0.143. The minimum Gasteiger partial charge on any atom is -0.307 e. The molecule has 0 bridgehead atoms. The number of rotatable bonds is 2. The van der Waals surface area contributed by atoms with Crippen LogP contribution in [0.15, 0.2) is 41.6 Å². The SMILES string of the molecule is O=C(NC1=NN(c2ccc(Cl)c(Cl)c2)CC1)c1cccnn1. The third-order valence-corrected chi connectivity index (χ3v) is 3.80. The Bertz CT molecular complexity index is 735. The van der Waals surface area contributed by atoms with Crippen molar-refractivity contribution in [2.75, 3.05) is 11.6 Å². The van der Waals surface area contributed by atoms with E-state index in [9.17, 15) is 4.79 Å². The van der Waals surface area contributed by atoms with Gasteiger partial charge in [0.15, 0.2) is 5.69 Å². The average molecular weight is 336 g/mol. The molecular formula is C14H11Cl2N5O. The molecule has 0 spiro atoms. The first-order valence-corrected chi connectivity index (χ1v) is 7.28. The van der Waals surface area contributed by atoms with Crippen LogP contribution < -0.4 is 10.3 Å². The van der Waals surface area contributed by atoms with Crippen molar-refractivity contribution in [2.45, 2.75) is 6.42 Å². The first kappa shape index (κ1) is 14.7. The number of amidine groups is 1. The molecule has 8 heteroatoms. The summed E-state index contributed by atoms with van der Waals surface area (Å²) in [6, 6.07) is 8.52. The maximum Gasteiger partial charge on any atom is 0.277 e. The van der Waals surface area contributed by atoms with Crippen molar-refractivity contribution >= 4 is 40.6 Å². The smallest absolute Gasteiger partial charge is 0.277 e. The quantitative estimate of drug-likeness (QED) is 0.915. The van der Waals surface area contributed by atoms with Gasteiger partial charge in [-0.3, -0.25) is 9.80 Å². The van der Waals surface area contributed by atoms with Gasteiger partial charge in [-0.25, -0.2) is 0 Å². The second-order valence-electron chi connectivity index (χ2n) is 4.58. The molecule has 0 fully saturated rings. The highest BCUT2D eigenvalue weighted by Gasteiger charge is 2.19. The number of benzene rings is 1. The standard InChI is InChI=1S/C14H11Cl2N5O/c15-10-4-3-9(8-11(10)16)21-7-5-13(20-21)18-14(22)12-2-1-6-17-19-12/h1-4,6,8H,5,7H2,(H,18,20,22). The molecule has 1 aliphatic rings. The van der Waals surface area contributed by atoms with E-state index in [4.69, 9.17) is 23.2 Å². The second-order valence-corrected chi connectivity index (χ2v) is 5.40. The molecule has 22 heavy (non-hydrogen) atoms. The van der Waals surface area contributed by atoms with Crippen LogP contribution in [0.4, 0.5) is 5.69 Å². The molecule has 1 N–H and O–H groups in total. The topological polar surface area (TPSA) is 70.5 Å². The Balaban J connectivity index is 1.72. The summed E-state index contributed by atoms with van der Waals surface area (Å²) < 4.78 is 0. The van der Waals surface area contributed by atoms with E-state index in [1.165, 1.54) is 6.20 Å². The van der Waals surface area contributed by atoms with Gasteiger partial charge < -0.3 is 5.32 Å². The van der Waals surface area contributed by atoms with Crippen molar-refractivity contribution in [3.8, 4) is 0 Å². The van der Waals surface area contributed by atoms with E-state index in [0.29, 0.717) is 28.8 Å². The molecule has 2 aromatic rings. The fourth-order valence-corrected chi connectivity index (χ4v) is 2.29. The number of nitrogens with one attached hydrogen (secondary N) is 1. The van der Waals surface area contributed by atoms with Crippen LogP contribution in [0.5, 0.6) is 0 Å². The Hall–Kier alpha value is -2.18. The van der Waals surface area contributed by atoms with Gasteiger partial charge in [0.05, 0.1) is 15.7 Å². The molecule has 1 aromatic heterocycles. The van der Waals surface area contributed by atoms with Crippen LogP contribution in [0.25, 0.3) is 0 Å². The summed E-state index contributed by atoms with van der Waals surface area (Å²) in [6.07, 6.45) is 2.13. The van der Waals surface area contributed by atoms with E-state index in [-0.39, 0.29) is 11.6 Å². The summed E-state index contributed by atoms with van der Waals surface area (Å²) in [7, 11) is 0. The number of carbonyl (C=O) groups excluding carboxylic acids is 1. The highest BCUT2D eigenvalue weighted by Crippen LogP contribution is 2.28. The molecular weight excluding hydrogens is 325 g/mol. The lowest BCUT2D eigenvalue weighted by Crippen LogP contribution is -2.30. The molecule has 0 saturated heterocycles. The molecule has 6 nitrogen and oxygen atoms in total. The van der Waals surface area contributed by atoms with E-state index >= 15 is 0 Å². The average Bonchev–Trinajstić information content (AvgIpc) is 2.99. The van der Waals surface area contributed by atoms with Gasteiger partial charge in [0, 0.05) is 19.2 Å². The van der Waals surface area contributed by atoms with E-state index in [2.05, 4.69) is 20.6 Å². The Labute approximate surface area is 136 Å². The van der Waals surface area contributed by atoms with Crippen LogP contribution in [0.1, 0.15) is 16.9 Å². The van der Waals surface area contributed by atoms with Gasteiger partial charge in [-0.2, -0.15) is 10.2 Å². The van der Waals surface area contributed by atoms with Crippen molar-refractivity contribution < 1.29 is 4.79 Å². The summed E-state index contributed by atoms with van der Waals surface area (Å²) >= 11 is 11.9. The number of carbonyl (C=O) groups is 1. The number of amides is 1. The Morgan fingerprint density at radius 1 is 1.23 bits per heavy atom. The number of hydrogen-bond acceptors (Lipinski definition) is 5. The molecule has 2 heterocycles. The first-order valence-electron chi connectivity index (χ1n) is 6.52. The number of aromatic nitrogens is 2. The van der Waals surface area contributed by atoms with Crippen LogP contribution in [-0.4, -0.2) is 28.5 Å². The van der Waals surface area contributed by atoms with Gasteiger partial charge >= 0.3 is 0 Å². The number of halogens is 2. The fourth-order valence-electron chi connectivity index (χ4n) is 2.00. The van der Waals surface area contributed by atoms with Gasteiger partial charge in [0.25, 0.3) is 5.91 Å². The van der Waals surface area contributed by atoms with Crippen molar-refractivity contribution in [1.29, 1.82) is 0 Å². The summed E-state index contributed by atoms with van der Waals surface area (Å²) in [4.78, 5) is 12.0. The normalized spacial score (nSPS) is 13.9. The Morgan fingerprint density at radius 2 is 2.09 bits per heavy atom. The zero-order chi connectivity index (χ0) is 15.5. The molecule has 1 aromatic carbocycles. The van der Waals surface area contributed by atoms with Gasteiger partial charge in [-0.1, -0.05) is 23.2 Å². The minimum absolute atomic E-state index is 0.248. The number of hydrogen-bond donors (Lipinski definition) is 1. The summed E-state index contributed by atoms with van der Waals surface area (Å²) in [5, 5.41) is 17.2. The maximum absolute atomic E-state index is 12.0. The van der Waals surface area contributed by atoms with Crippen LogP contribution in [0, 0.1) is 0 Å². The van der Waals surface area contributed by atoms with Crippen LogP contribution in [0.3, 0.4) is 0 Å². The van der Waals surface area contributed by atoms with E-state index < -0.39 is 0 Å². The van der Waals surface area contributed by atoms with Crippen LogP contribution >= 0.6 is 23.2 Å². The molecule has 0 atom stereocenters. The molecule has 3 rings (SSSR count). The molecule has 112 valence electrons. The van der Waals surface area contributed by atoms with Crippen LogP contribution in [-0.2, 0) is 0 Å². The molecule has 0 saturated carbocycles. The monoisotopic (exact) mass is 335 g/mol. The van der Waals surface area contributed by atoms with Gasteiger partial charge in [0.1, 0.15) is 5.84 Å². The van der Waals surface area contributed by atoms with Crippen molar-refractivity contribution in [3.63, 3.8) is 0 Å². The maximum atomic E-state index is 12.0. The van der Waals surface area contributed by atoms with Crippen molar-refractivity contribution in [3.05, 3.63) is 52.3 Å². The molecule has 0 aliphatic carbocycles. The highest BCUT2D eigenvalue weighted by molar-refractivity contribution is 6.42. The van der Waals surface area contributed by atoms with Crippen molar-refractivity contribution in [1.82, 2.24) is 15.5 Å². The second kappa shape index (κ2) is 6.29. The predicted octanol–water partition coefficient (Wildman–Crippen LogP) is 2.74. The summed E-state index contributed by atoms with van der Waals surface area (Å²) in [5.41, 5.74) is 1.07. The highest BCUT2D eigenvalue weighted by atomic mass is 35.5. The zero-order valence-electron chi connectivity index (χ0n) is 11.3. The lowest BCUT2D eigenvalue weighted by molar-refractivity contribution is 0.0970. The Kier molecular flexibility index (Phi) is 4.22. The Morgan fingerprint density at radius 3 is 2.82 bits per heavy atom. The van der Waals surface area contributed by atoms with Gasteiger partial charge in [-0.15, -0.1) is 5.10 Å². The minimum atomic E-state index is -0.331. The third-order valence-electron chi connectivity index (χ3n) is 3.07. The lowest BCUT2D eigenvalue weighted by Gasteiger charge is -2.13. The van der Waals surface area contributed by atoms with Gasteiger partial charge in [-0.05, 0) is 30.3 Å². The molecule has 0 radical (unpaired) electrons. The first-order chi connectivity index (χ1) is 10.6. The molecule has 1 aliphatic heterocycles. The third kappa shape index (κ3) is 3.18. The van der Waals surface area contributed by atoms with E-state index in [1.807, 2.05) is 6.07 Å². The van der Waals surface area contributed by atoms with E-state index in [1.54, 1.807) is 29.3 Å². The molecule has 1 amide bonds. The number of hydrazone groups is 1. The summed E-state index contributed by atoms with van der Waals surface area (Å²) in [6.45, 7) is 0.647. The molecule has 0 unspecified atom stereocenters. The van der Waals surface area contributed by atoms with E-state index in [0.717, 1.165) is 5.69 Å². The summed E-state index contributed by atoms with van der Waals surface area (Å²) in [5.74, 6) is 0.240. The lowest BCUT2D eigenvalue weighted by atomic mass is 10.3. The van der Waals surface area contributed by atoms with Gasteiger partial charge in [0.2, 0.25) is 0 Å². The number of anilines is 1. The van der Waals surface area contributed by atoms with Crippen LogP contribution in [0.2, 0.25) is 10.0 Å². The number of nitrogens with zero attached hydrogens (tertiary/aromatic N) is 4.